The molecule has 0 radical (unpaired) electrons. The van der Waals surface area contributed by atoms with Gasteiger partial charge in [-0.15, -0.1) is 11.8 Å². The Labute approximate surface area is 124 Å². The molecule has 2 aromatic carbocycles. The van der Waals surface area contributed by atoms with Crippen molar-refractivity contribution in [2.45, 2.75) is 25.7 Å². The van der Waals surface area contributed by atoms with Crippen molar-refractivity contribution in [3.05, 3.63) is 58.7 Å². The van der Waals surface area contributed by atoms with Crippen LogP contribution in [0.3, 0.4) is 0 Å². The summed E-state index contributed by atoms with van der Waals surface area (Å²) in [6.45, 7) is 6.03. The molecule has 2 nitrogen and oxygen atoms in total. The van der Waals surface area contributed by atoms with Gasteiger partial charge in [0, 0.05) is 16.1 Å². The maximum atomic E-state index is 12.4. The number of hydrogen-bond acceptors (Lipinski definition) is 2. The molecule has 3 heteroatoms. The summed E-state index contributed by atoms with van der Waals surface area (Å²) in [4.78, 5) is 13.5. The highest BCUT2D eigenvalue weighted by atomic mass is 32.2. The van der Waals surface area contributed by atoms with E-state index in [0.717, 1.165) is 27.3 Å². The third kappa shape index (κ3) is 3.05. The van der Waals surface area contributed by atoms with Gasteiger partial charge >= 0.3 is 0 Å². The van der Waals surface area contributed by atoms with E-state index in [0.29, 0.717) is 0 Å². The third-order valence-corrected chi connectivity index (χ3v) is 4.27. The summed E-state index contributed by atoms with van der Waals surface area (Å²) in [6, 6.07) is 11.9. The minimum atomic E-state index is -0.0490. The SMILES string of the molecule is CSc1ccc(C)c(C(=O)Nc2cccc(C)c2C)c1. The Hall–Kier alpha value is -1.74. The van der Waals surface area contributed by atoms with Crippen molar-refractivity contribution in [1.82, 2.24) is 0 Å². The molecular formula is C17H19NOS. The van der Waals surface area contributed by atoms with E-state index in [2.05, 4.69) is 5.32 Å². The standard InChI is InChI=1S/C17H19NOS/c1-11-6-5-7-16(13(11)3)18-17(19)15-10-14(20-4)9-8-12(15)2/h5-10H,1-4H3,(H,18,19). The summed E-state index contributed by atoms with van der Waals surface area (Å²) in [6.07, 6.45) is 2.01. The van der Waals surface area contributed by atoms with Gasteiger partial charge in [0.15, 0.2) is 0 Å². The van der Waals surface area contributed by atoms with E-state index < -0.39 is 0 Å². The van der Waals surface area contributed by atoms with Crippen molar-refractivity contribution >= 4 is 23.4 Å². The topological polar surface area (TPSA) is 29.1 Å². The van der Waals surface area contributed by atoms with Gasteiger partial charge in [-0.05, 0) is 61.9 Å². The molecule has 2 rings (SSSR count). The zero-order valence-corrected chi connectivity index (χ0v) is 13.1. The van der Waals surface area contributed by atoms with Crippen molar-refractivity contribution in [3.8, 4) is 0 Å². The van der Waals surface area contributed by atoms with E-state index >= 15 is 0 Å². The molecule has 1 N–H and O–H groups in total. The quantitative estimate of drug-likeness (QED) is 0.836. The average Bonchev–Trinajstić information content (AvgIpc) is 2.44. The summed E-state index contributed by atoms with van der Waals surface area (Å²) < 4.78 is 0. The number of amides is 1. The van der Waals surface area contributed by atoms with Gasteiger partial charge in [0.25, 0.3) is 5.91 Å². The first-order valence-electron chi connectivity index (χ1n) is 6.55. The van der Waals surface area contributed by atoms with Crippen LogP contribution in [0.25, 0.3) is 0 Å². The Morgan fingerprint density at radius 3 is 2.50 bits per heavy atom. The number of anilines is 1. The van der Waals surface area contributed by atoms with Crippen molar-refractivity contribution in [2.24, 2.45) is 0 Å². The van der Waals surface area contributed by atoms with Crippen LogP contribution >= 0.6 is 11.8 Å². The zero-order valence-electron chi connectivity index (χ0n) is 12.3. The molecule has 0 saturated carbocycles. The van der Waals surface area contributed by atoms with E-state index in [4.69, 9.17) is 0 Å². The Kier molecular flexibility index (Phi) is 4.50. The van der Waals surface area contributed by atoms with Crippen LogP contribution in [-0.2, 0) is 0 Å². The lowest BCUT2D eigenvalue weighted by molar-refractivity contribution is 0.102. The molecule has 104 valence electrons. The fourth-order valence-electron chi connectivity index (χ4n) is 2.05. The second-order valence-corrected chi connectivity index (χ2v) is 5.76. The molecule has 2 aromatic rings. The first kappa shape index (κ1) is 14.7. The number of thioether (sulfide) groups is 1. The lowest BCUT2D eigenvalue weighted by Gasteiger charge is -2.12. The number of carbonyl (C=O) groups excluding carboxylic acids is 1. The second kappa shape index (κ2) is 6.14. The van der Waals surface area contributed by atoms with Crippen LogP contribution < -0.4 is 5.32 Å². The Morgan fingerprint density at radius 1 is 1.05 bits per heavy atom. The van der Waals surface area contributed by atoms with E-state index in [1.807, 2.05) is 63.4 Å². The number of nitrogens with one attached hydrogen (secondary N) is 1. The largest absolute Gasteiger partial charge is 0.322 e. The van der Waals surface area contributed by atoms with Crippen LogP contribution in [0.4, 0.5) is 5.69 Å². The van der Waals surface area contributed by atoms with Crippen LogP contribution in [0.1, 0.15) is 27.0 Å². The molecule has 0 heterocycles. The molecule has 0 spiro atoms. The zero-order chi connectivity index (χ0) is 14.7. The second-order valence-electron chi connectivity index (χ2n) is 4.88. The molecule has 0 unspecified atom stereocenters. The predicted molar refractivity (Wildman–Crippen MR) is 86.8 cm³/mol. The summed E-state index contributed by atoms with van der Waals surface area (Å²) in [5.41, 5.74) is 4.89. The van der Waals surface area contributed by atoms with Crippen LogP contribution in [0, 0.1) is 20.8 Å². The Bertz CT molecular complexity index is 649. The Balaban J connectivity index is 2.30. The summed E-state index contributed by atoms with van der Waals surface area (Å²) in [5, 5.41) is 3.01. The van der Waals surface area contributed by atoms with Crippen molar-refractivity contribution in [2.75, 3.05) is 11.6 Å². The van der Waals surface area contributed by atoms with Crippen LogP contribution in [0.15, 0.2) is 41.3 Å². The maximum absolute atomic E-state index is 12.4. The highest BCUT2D eigenvalue weighted by Gasteiger charge is 2.11. The van der Waals surface area contributed by atoms with Crippen molar-refractivity contribution < 1.29 is 4.79 Å². The molecular weight excluding hydrogens is 266 g/mol. The lowest BCUT2D eigenvalue weighted by Crippen LogP contribution is -2.14. The summed E-state index contributed by atoms with van der Waals surface area (Å²) in [7, 11) is 0. The first-order valence-corrected chi connectivity index (χ1v) is 7.77. The highest BCUT2D eigenvalue weighted by Crippen LogP contribution is 2.22. The molecule has 0 bridgehead atoms. The third-order valence-electron chi connectivity index (χ3n) is 3.54. The monoisotopic (exact) mass is 285 g/mol. The van der Waals surface area contributed by atoms with Crippen LogP contribution in [0.2, 0.25) is 0 Å². The predicted octanol–water partition coefficient (Wildman–Crippen LogP) is 4.59. The van der Waals surface area contributed by atoms with Gasteiger partial charge in [-0.1, -0.05) is 18.2 Å². The highest BCUT2D eigenvalue weighted by molar-refractivity contribution is 7.98. The van der Waals surface area contributed by atoms with Crippen LogP contribution in [-0.4, -0.2) is 12.2 Å². The van der Waals surface area contributed by atoms with Gasteiger partial charge in [0.1, 0.15) is 0 Å². The van der Waals surface area contributed by atoms with Gasteiger partial charge in [0.2, 0.25) is 0 Å². The maximum Gasteiger partial charge on any atom is 0.255 e. The van der Waals surface area contributed by atoms with E-state index in [1.54, 1.807) is 11.8 Å². The minimum absolute atomic E-state index is 0.0490. The number of benzene rings is 2. The number of carbonyl (C=O) groups is 1. The van der Waals surface area contributed by atoms with Gasteiger partial charge in [0.05, 0.1) is 0 Å². The molecule has 0 aliphatic heterocycles. The molecule has 0 aliphatic carbocycles. The number of rotatable bonds is 3. The van der Waals surface area contributed by atoms with E-state index in [1.165, 1.54) is 5.56 Å². The van der Waals surface area contributed by atoms with Gasteiger partial charge in [-0.3, -0.25) is 4.79 Å². The fourth-order valence-corrected chi connectivity index (χ4v) is 2.49. The average molecular weight is 285 g/mol. The normalized spacial score (nSPS) is 10.4. The Morgan fingerprint density at radius 2 is 1.80 bits per heavy atom. The van der Waals surface area contributed by atoms with E-state index in [9.17, 15) is 4.79 Å². The van der Waals surface area contributed by atoms with E-state index in [-0.39, 0.29) is 5.91 Å². The summed E-state index contributed by atoms with van der Waals surface area (Å²) in [5.74, 6) is -0.0490. The minimum Gasteiger partial charge on any atom is -0.322 e. The molecule has 1 amide bonds. The molecule has 0 atom stereocenters. The molecule has 0 fully saturated rings. The van der Waals surface area contributed by atoms with Crippen LogP contribution in [0.5, 0.6) is 0 Å². The van der Waals surface area contributed by atoms with Gasteiger partial charge < -0.3 is 5.32 Å². The molecule has 0 saturated heterocycles. The van der Waals surface area contributed by atoms with Crippen molar-refractivity contribution in [1.29, 1.82) is 0 Å². The number of hydrogen-bond donors (Lipinski definition) is 1. The lowest BCUT2D eigenvalue weighted by atomic mass is 10.1. The number of aryl methyl sites for hydroxylation is 2. The molecule has 0 aromatic heterocycles. The van der Waals surface area contributed by atoms with Gasteiger partial charge in [-0.25, -0.2) is 0 Å². The van der Waals surface area contributed by atoms with Gasteiger partial charge in [-0.2, -0.15) is 0 Å². The van der Waals surface area contributed by atoms with Crippen molar-refractivity contribution in [3.63, 3.8) is 0 Å². The molecule has 0 aliphatic rings. The smallest absolute Gasteiger partial charge is 0.255 e. The fraction of sp³-hybridized carbons (Fsp3) is 0.235. The first-order chi connectivity index (χ1) is 9.52. The summed E-state index contributed by atoms with van der Waals surface area (Å²) >= 11 is 1.64. The molecule has 20 heavy (non-hydrogen) atoms.